The zero-order chi connectivity index (χ0) is 21.9. The Morgan fingerprint density at radius 2 is 1.94 bits per heavy atom. The molecule has 0 spiro atoms. The maximum Gasteiger partial charge on any atom is 0.291 e. The van der Waals surface area contributed by atoms with Crippen molar-refractivity contribution < 1.29 is 9.47 Å². The first kappa shape index (κ1) is 19.9. The minimum absolute atomic E-state index is 0.212. The van der Waals surface area contributed by atoms with E-state index in [-0.39, 0.29) is 5.56 Å². The lowest BCUT2D eigenvalue weighted by Crippen LogP contribution is -2.23. The Hall–Kier alpha value is -4.04. The van der Waals surface area contributed by atoms with E-state index in [9.17, 15) is 4.79 Å². The monoisotopic (exact) mass is 442 g/mol. The van der Waals surface area contributed by atoms with Gasteiger partial charge >= 0.3 is 0 Å². The number of aromatic nitrogens is 4. The van der Waals surface area contributed by atoms with Crippen molar-refractivity contribution >= 4 is 22.4 Å². The van der Waals surface area contributed by atoms with Crippen LogP contribution in [0.4, 0.5) is 0 Å². The lowest BCUT2D eigenvalue weighted by molar-refractivity contribution is 0.284. The van der Waals surface area contributed by atoms with E-state index in [1.165, 1.54) is 15.9 Å². The number of nitrogens with zero attached hydrogens (tertiary/aromatic N) is 4. The summed E-state index contributed by atoms with van der Waals surface area (Å²) < 4.78 is 13.3. The van der Waals surface area contributed by atoms with Crippen LogP contribution in [0.1, 0.15) is 11.1 Å². The van der Waals surface area contributed by atoms with Crippen LogP contribution in [0, 0.1) is 0 Å². The fraction of sp³-hybridized carbons (Fsp3) is 0.0833. The predicted octanol–water partition coefficient (Wildman–Crippen LogP) is 3.35. The Balaban J connectivity index is 1.43. The van der Waals surface area contributed by atoms with E-state index < -0.39 is 0 Å². The van der Waals surface area contributed by atoms with E-state index in [1.807, 2.05) is 60.7 Å². The maximum atomic E-state index is 12.8. The van der Waals surface area contributed by atoms with Crippen LogP contribution in [0.3, 0.4) is 0 Å². The lowest BCUT2D eigenvalue weighted by atomic mass is 10.2. The summed E-state index contributed by atoms with van der Waals surface area (Å²) in [5.41, 5.74) is 2.45. The average molecular weight is 443 g/mol. The Morgan fingerprint density at radius 3 is 2.69 bits per heavy atom. The predicted molar refractivity (Wildman–Crippen MR) is 123 cm³/mol. The molecule has 0 saturated carbocycles. The number of ether oxygens (including phenoxy) is 2. The van der Waals surface area contributed by atoms with Gasteiger partial charge in [0.15, 0.2) is 17.3 Å². The van der Waals surface area contributed by atoms with Gasteiger partial charge in [-0.3, -0.25) is 9.78 Å². The molecule has 0 N–H and O–H groups in total. The second-order valence-electron chi connectivity index (χ2n) is 6.97. The van der Waals surface area contributed by atoms with E-state index in [2.05, 4.69) is 15.1 Å². The second-order valence-corrected chi connectivity index (χ2v) is 7.98. The van der Waals surface area contributed by atoms with Gasteiger partial charge in [0.05, 0.1) is 11.6 Å². The van der Waals surface area contributed by atoms with Gasteiger partial charge in [0.2, 0.25) is 4.96 Å². The number of hydrogen-bond donors (Lipinski definition) is 0. The van der Waals surface area contributed by atoms with Gasteiger partial charge in [-0.25, -0.2) is 0 Å². The number of pyridine rings is 1. The molecule has 2 aromatic carbocycles. The number of thiazole rings is 1. The van der Waals surface area contributed by atoms with Crippen molar-refractivity contribution in [3.63, 3.8) is 0 Å². The fourth-order valence-corrected chi connectivity index (χ4v) is 4.14. The van der Waals surface area contributed by atoms with Crippen LogP contribution in [-0.2, 0) is 6.61 Å². The van der Waals surface area contributed by atoms with Gasteiger partial charge in [-0.15, -0.1) is 5.10 Å². The SMILES string of the molecule is COc1cc(/C=c2/sc3nc(-c4cccnc4)nn3c2=O)ccc1OCc1ccccc1. The summed E-state index contributed by atoms with van der Waals surface area (Å²) in [6.45, 7) is 0.442. The number of benzene rings is 2. The molecule has 0 radical (unpaired) electrons. The van der Waals surface area contributed by atoms with Crippen LogP contribution in [0.15, 0.2) is 77.9 Å². The number of hydrogen-bond acceptors (Lipinski definition) is 7. The van der Waals surface area contributed by atoms with Gasteiger partial charge in [0.25, 0.3) is 5.56 Å². The molecule has 158 valence electrons. The standard InChI is InChI=1S/C24H18N4O3S/c1-30-20-12-17(9-10-19(20)31-15-16-6-3-2-4-7-16)13-21-23(29)28-24(32-21)26-22(27-28)18-8-5-11-25-14-18/h2-14H,15H2,1H3/b21-13+. The van der Waals surface area contributed by atoms with Crippen molar-refractivity contribution in [3.8, 4) is 22.9 Å². The first-order valence-corrected chi connectivity index (χ1v) is 10.7. The first-order valence-electron chi connectivity index (χ1n) is 9.88. The molecule has 3 heterocycles. The highest BCUT2D eigenvalue weighted by Gasteiger charge is 2.12. The summed E-state index contributed by atoms with van der Waals surface area (Å²) in [6, 6.07) is 19.2. The summed E-state index contributed by atoms with van der Waals surface area (Å²) in [7, 11) is 1.59. The zero-order valence-corrected chi connectivity index (χ0v) is 18.0. The van der Waals surface area contributed by atoms with Gasteiger partial charge in [-0.05, 0) is 41.5 Å². The first-order chi connectivity index (χ1) is 15.7. The summed E-state index contributed by atoms with van der Waals surface area (Å²) in [4.78, 5) is 21.9. The van der Waals surface area contributed by atoms with Crippen molar-refractivity contribution in [3.05, 3.63) is 99.1 Å². The molecule has 3 aromatic heterocycles. The summed E-state index contributed by atoms with van der Waals surface area (Å²) >= 11 is 1.29. The van der Waals surface area contributed by atoms with Crippen LogP contribution in [-0.4, -0.2) is 26.7 Å². The van der Waals surface area contributed by atoms with E-state index in [0.717, 1.165) is 16.7 Å². The van der Waals surface area contributed by atoms with Gasteiger partial charge in [0.1, 0.15) is 6.61 Å². The average Bonchev–Trinajstić information content (AvgIpc) is 3.38. The minimum Gasteiger partial charge on any atom is -0.493 e. The van der Waals surface area contributed by atoms with Gasteiger partial charge in [0, 0.05) is 18.0 Å². The van der Waals surface area contributed by atoms with Crippen LogP contribution in [0.5, 0.6) is 11.5 Å². The highest BCUT2D eigenvalue weighted by Crippen LogP contribution is 2.29. The molecule has 0 bridgehead atoms. The Labute approximate surface area is 187 Å². The third kappa shape index (κ3) is 3.95. The number of rotatable bonds is 6. The van der Waals surface area contributed by atoms with Gasteiger partial charge in [-0.2, -0.15) is 9.50 Å². The van der Waals surface area contributed by atoms with Crippen molar-refractivity contribution in [1.82, 2.24) is 19.6 Å². The molecule has 0 atom stereocenters. The number of methoxy groups -OCH3 is 1. The van der Waals surface area contributed by atoms with E-state index >= 15 is 0 Å². The summed E-state index contributed by atoms with van der Waals surface area (Å²) in [5, 5.41) is 4.34. The second kappa shape index (κ2) is 8.60. The molecule has 0 amide bonds. The maximum absolute atomic E-state index is 12.8. The molecule has 5 rings (SSSR count). The van der Waals surface area contributed by atoms with Crippen LogP contribution < -0.4 is 19.6 Å². The third-order valence-electron chi connectivity index (χ3n) is 4.82. The summed E-state index contributed by atoms with van der Waals surface area (Å²) in [5.74, 6) is 1.72. The molecule has 0 saturated heterocycles. The molecule has 0 aliphatic heterocycles. The van der Waals surface area contributed by atoms with Crippen molar-refractivity contribution in [2.24, 2.45) is 0 Å². The topological polar surface area (TPSA) is 78.6 Å². The molecule has 32 heavy (non-hydrogen) atoms. The smallest absolute Gasteiger partial charge is 0.291 e. The van der Waals surface area contributed by atoms with Crippen LogP contribution in [0.2, 0.25) is 0 Å². The fourth-order valence-electron chi connectivity index (χ4n) is 3.23. The molecular weight excluding hydrogens is 424 g/mol. The molecule has 7 nitrogen and oxygen atoms in total. The molecule has 5 aromatic rings. The molecule has 0 fully saturated rings. The lowest BCUT2D eigenvalue weighted by Gasteiger charge is -2.11. The van der Waals surface area contributed by atoms with Gasteiger partial charge in [-0.1, -0.05) is 47.7 Å². The quantitative estimate of drug-likeness (QED) is 0.401. The van der Waals surface area contributed by atoms with Crippen LogP contribution in [0.25, 0.3) is 22.4 Å². The molecule has 0 aliphatic rings. The van der Waals surface area contributed by atoms with Crippen molar-refractivity contribution in [2.45, 2.75) is 6.61 Å². The van der Waals surface area contributed by atoms with Crippen molar-refractivity contribution in [1.29, 1.82) is 0 Å². The normalized spacial score (nSPS) is 11.7. The minimum atomic E-state index is -0.212. The Kier molecular flexibility index (Phi) is 5.35. The summed E-state index contributed by atoms with van der Waals surface area (Å²) in [6.07, 6.45) is 5.15. The Bertz CT molecular complexity index is 1480. The van der Waals surface area contributed by atoms with E-state index in [0.29, 0.717) is 33.4 Å². The van der Waals surface area contributed by atoms with Gasteiger partial charge < -0.3 is 9.47 Å². The Morgan fingerprint density at radius 1 is 1.06 bits per heavy atom. The van der Waals surface area contributed by atoms with Crippen LogP contribution >= 0.6 is 11.3 Å². The molecular formula is C24H18N4O3S. The highest BCUT2D eigenvalue weighted by atomic mass is 32.1. The number of fused-ring (bicyclic) bond motifs is 1. The largest absolute Gasteiger partial charge is 0.493 e. The van der Waals surface area contributed by atoms with E-state index in [1.54, 1.807) is 25.6 Å². The molecule has 0 unspecified atom stereocenters. The van der Waals surface area contributed by atoms with E-state index in [4.69, 9.17) is 9.47 Å². The third-order valence-corrected chi connectivity index (χ3v) is 5.78. The highest BCUT2D eigenvalue weighted by molar-refractivity contribution is 7.15. The van der Waals surface area contributed by atoms with Crippen molar-refractivity contribution in [2.75, 3.05) is 7.11 Å². The zero-order valence-electron chi connectivity index (χ0n) is 17.1. The molecule has 0 aliphatic carbocycles. The molecule has 8 heteroatoms.